The maximum absolute atomic E-state index is 11.4. The van der Waals surface area contributed by atoms with Crippen molar-refractivity contribution in [2.24, 2.45) is 0 Å². The van der Waals surface area contributed by atoms with Gasteiger partial charge in [-0.05, 0) is 13.8 Å². The molecule has 0 aromatic carbocycles. The molecular formula is C9H12O6S. The largest absolute Gasteiger partial charge is 0.462 e. The molecule has 0 unspecified atom stereocenters. The summed E-state index contributed by atoms with van der Waals surface area (Å²) < 4.78 is 36.6. The number of esters is 1. The van der Waals surface area contributed by atoms with Gasteiger partial charge in [0.25, 0.3) is 0 Å². The lowest BCUT2D eigenvalue weighted by Gasteiger charge is -1.97. The Morgan fingerprint density at radius 2 is 2.06 bits per heavy atom. The summed E-state index contributed by atoms with van der Waals surface area (Å²) in [7, 11) is -3.91. The van der Waals surface area contributed by atoms with E-state index >= 15 is 0 Å². The van der Waals surface area contributed by atoms with E-state index in [1.165, 1.54) is 6.92 Å². The van der Waals surface area contributed by atoms with Crippen molar-refractivity contribution in [1.29, 1.82) is 0 Å². The standard InChI is InChI=1S/C9H12O6S/c1-3-13-9(10)7-5-8(14-6-7)16(11,12)15-4-2/h5-6H,3-4H2,1-2H3. The van der Waals surface area contributed by atoms with Gasteiger partial charge in [-0.1, -0.05) is 0 Å². The van der Waals surface area contributed by atoms with Gasteiger partial charge < -0.3 is 9.15 Å². The van der Waals surface area contributed by atoms with Gasteiger partial charge in [0.1, 0.15) is 6.26 Å². The predicted molar refractivity (Wildman–Crippen MR) is 53.5 cm³/mol. The summed E-state index contributed by atoms with van der Waals surface area (Å²) in [4.78, 5) is 11.2. The topological polar surface area (TPSA) is 82.8 Å². The molecule has 0 aliphatic heterocycles. The van der Waals surface area contributed by atoms with Crippen LogP contribution in [0, 0.1) is 0 Å². The zero-order valence-corrected chi connectivity index (χ0v) is 9.74. The number of hydrogen-bond acceptors (Lipinski definition) is 6. The Labute approximate surface area is 93.3 Å². The Morgan fingerprint density at radius 3 is 2.62 bits per heavy atom. The Hall–Kier alpha value is -1.34. The van der Waals surface area contributed by atoms with Crippen LogP contribution in [-0.2, 0) is 19.0 Å². The Morgan fingerprint density at radius 1 is 1.38 bits per heavy atom. The highest BCUT2D eigenvalue weighted by Gasteiger charge is 2.21. The summed E-state index contributed by atoms with van der Waals surface area (Å²) in [5.41, 5.74) is 0.0418. The lowest BCUT2D eigenvalue weighted by Crippen LogP contribution is -2.05. The highest BCUT2D eigenvalue weighted by atomic mass is 32.2. The molecule has 0 aliphatic rings. The fourth-order valence-corrected chi connectivity index (χ4v) is 1.85. The second-order valence-electron chi connectivity index (χ2n) is 2.74. The minimum Gasteiger partial charge on any atom is -0.462 e. The molecule has 1 aromatic heterocycles. The Bertz CT molecular complexity index is 458. The third-order valence-corrected chi connectivity index (χ3v) is 2.86. The average Bonchev–Trinajstić information content (AvgIpc) is 2.67. The summed E-state index contributed by atoms with van der Waals surface area (Å²) in [6.45, 7) is 3.39. The van der Waals surface area contributed by atoms with Crippen molar-refractivity contribution in [3.8, 4) is 0 Å². The van der Waals surface area contributed by atoms with Crippen molar-refractivity contribution in [2.45, 2.75) is 18.9 Å². The number of carbonyl (C=O) groups is 1. The highest BCUT2D eigenvalue weighted by molar-refractivity contribution is 7.86. The van der Waals surface area contributed by atoms with Gasteiger partial charge in [0.2, 0.25) is 5.09 Å². The molecule has 0 N–H and O–H groups in total. The molecular weight excluding hydrogens is 236 g/mol. The summed E-state index contributed by atoms with van der Waals surface area (Å²) in [6.07, 6.45) is 1.02. The smallest absolute Gasteiger partial charge is 0.341 e. The van der Waals surface area contributed by atoms with Crippen LogP contribution in [0.3, 0.4) is 0 Å². The first-order valence-electron chi connectivity index (χ1n) is 4.66. The number of furan rings is 1. The van der Waals surface area contributed by atoms with Crippen molar-refractivity contribution >= 4 is 16.1 Å². The Balaban J connectivity index is 2.91. The van der Waals surface area contributed by atoms with Crippen LogP contribution in [0.5, 0.6) is 0 Å². The minimum atomic E-state index is -3.91. The maximum Gasteiger partial charge on any atom is 0.341 e. The molecule has 7 heteroatoms. The molecule has 0 amide bonds. The monoisotopic (exact) mass is 248 g/mol. The molecule has 0 fully saturated rings. The van der Waals surface area contributed by atoms with E-state index in [2.05, 4.69) is 8.92 Å². The summed E-state index contributed by atoms with van der Waals surface area (Å²) in [5.74, 6) is -0.635. The molecule has 1 rings (SSSR count). The molecule has 0 saturated heterocycles. The van der Waals surface area contributed by atoms with Gasteiger partial charge in [-0.3, -0.25) is 4.18 Å². The lowest BCUT2D eigenvalue weighted by molar-refractivity contribution is 0.0525. The van der Waals surface area contributed by atoms with Crippen molar-refractivity contribution in [3.05, 3.63) is 17.9 Å². The van der Waals surface area contributed by atoms with Gasteiger partial charge in [0.15, 0.2) is 0 Å². The van der Waals surface area contributed by atoms with E-state index in [-0.39, 0.29) is 18.8 Å². The number of rotatable bonds is 5. The van der Waals surface area contributed by atoms with Gasteiger partial charge in [-0.25, -0.2) is 4.79 Å². The predicted octanol–water partition coefficient (Wildman–Crippen LogP) is 1.18. The van der Waals surface area contributed by atoms with Crippen LogP contribution >= 0.6 is 0 Å². The van der Waals surface area contributed by atoms with Crippen LogP contribution in [0.25, 0.3) is 0 Å². The first kappa shape index (κ1) is 12.7. The van der Waals surface area contributed by atoms with Crippen LogP contribution in [0.2, 0.25) is 0 Å². The fourth-order valence-electron chi connectivity index (χ4n) is 0.982. The van der Waals surface area contributed by atoms with E-state index in [9.17, 15) is 13.2 Å². The maximum atomic E-state index is 11.4. The number of hydrogen-bond donors (Lipinski definition) is 0. The molecule has 90 valence electrons. The van der Waals surface area contributed by atoms with Crippen molar-refractivity contribution in [1.82, 2.24) is 0 Å². The third kappa shape index (κ3) is 2.83. The molecule has 0 bridgehead atoms. The van der Waals surface area contributed by atoms with Crippen LogP contribution in [0.4, 0.5) is 0 Å². The highest BCUT2D eigenvalue weighted by Crippen LogP contribution is 2.16. The first-order valence-corrected chi connectivity index (χ1v) is 6.07. The third-order valence-electron chi connectivity index (χ3n) is 1.61. The molecule has 16 heavy (non-hydrogen) atoms. The zero-order valence-electron chi connectivity index (χ0n) is 8.93. The van der Waals surface area contributed by atoms with Gasteiger partial charge in [-0.2, -0.15) is 8.42 Å². The fraction of sp³-hybridized carbons (Fsp3) is 0.444. The van der Waals surface area contributed by atoms with Crippen LogP contribution < -0.4 is 0 Å². The molecule has 0 aliphatic carbocycles. The van der Waals surface area contributed by atoms with Gasteiger partial charge in [0, 0.05) is 6.07 Å². The zero-order chi connectivity index (χ0) is 12.2. The van der Waals surface area contributed by atoms with E-state index in [4.69, 9.17) is 4.42 Å². The van der Waals surface area contributed by atoms with Gasteiger partial charge in [0.05, 0.1) is 18.8 Å². The normalized spacial score (nSPS) is 11.4. The average molecular weight is 248 g/mol. The van der Waals surface area contributed by atoms with Crippen LogP contribution in [-0.4, -0.2) is 27.6 Å². The molecule has 0 saturated carbocycles. The number of carbonyl (C=O) groups excluding carboxylic acids is 1. The molecule has 0 spiro atoms. The van der Waals surface area contributed by atoms with Crippen molar-refractivity contribution in [2.75, 3.05) is 13.2 Å². The van der Waals surface area contributed by atoms with Crippen LogP contribution in [0.15, 0.2) is 21.8 Å². The molecule has 1 aromatic rings. The van der Waals surface area contributed by atoms with E-state index in [0.29, 0.717) is 0 Å². The molecule has 0 radical (unpaired) electrons. The van der Waals surface area contributed by atoms with Crippen molar-refractivity contribution < 1.29 is 26.5 Å². The summed E-state index contributed by atoms with van der Waals surface area (Å²) in [5, 5.41) is -0.405. The first-order chi connectivity index (χ1) is 7.51. The van der Waals surface area contributed by atoms with E-state index in [1.54, 1.807) is 6.92 Å². The number of ether oxygens (including phenoxy) is 1. The van der Waals surface area contributed by atoms with Crippen molar-refractivity contribution in [3.63, 3.8) is 0 Å². The van der Waals surface area contributed by atoms with Gasteiger partial charge in [-0.15, -0.1) is 0 Å². The second kappa shape index (κ2) is 5.13. The second-order valence-corrected chi connectivity index (χ2v) is 4.28. The lowest BCUT2D eigenvalue weighted by atomic mass is 10.3. The SMILES string of the molecule is CCOC(=O)c1coc(S(=O)(=O)OCC)c1. The quantitative estimate of drug-likeness (QED) is 0.574. The molecule has 0 atom stereocenters. The minimum absolute atomic E-state index is 0.00221. The molecule has 1 heterocycles. The van der Waals surface area contributed by atoms with E-state index in [0.717, 1.165) is 12.3 Å². The molecule has 6 nitrogen and oxygen atoms in total. The Kier molecular flexibility index (Phi) is 4.08. The van der Waals surface area contributed by atoms with Gasteiger partial charge >= 0.3 is 16.1 Å². The van der Waals surface area contributed by atoms with E-state index < -0.39 is 21.2 Å². The summed E-state index contributed by atoms with van der Waals surface area (Å²) >= 11 is 0. The van der Waals surface area contributed by atoms with E-state index in [1.807, 2.05) is 0 Å². The summed E-state index contributed by atoms with van der Waals surface area (Å²) in [6, 6.07) is 1.07. The van der Waals surface area contributed by atoms with Crippen LogP contribution in [0.1, 0.15) is 24.2 Å².